The number of fused-ring (bicyclic) bond motifs is 1. The molecule has 0 fully saturated rings. The van der Waals surface area contributed by atoms with Crippen molar-refractivity contribution in [3.8, 4) is 0 Å². The molecule has 1 aliphatic rings. The van der Waals surface area contributed by atoms with Gasteiger partial charge in [0.15, 0.2) is 0 Å². The van der Waals surface area contributed by atoms with Crippen molar-refractivity contribution in [2.45, 2.75) is 24.4 Å². The smallest absolute Gasteiger partial charge is 0.318 e. The number of thiophene rings is 1. The molecule has 0 spiro atoms. The number of rotatable bonds is 3. The number of urea groups is 1. The lowest BCUT2D eigenvalue weighted by atomic mass is 10.2. The van der Waals surface area contributed by atoms with Crippen LogP contribution in [0.4, 0.5) is 4.79 Å². The highest BCUT2D eigenvalue weighted by molar-refractivity contribution is 7.89. The quantitative estimate of drug-likeness (QED) is 0.899. The molecule has 0 aromatic carbocycles. The number of likely N-dealkylation sites (N-methyl/N-ethyl adjacent to an activating group) is 1. The Kier molecular flexibility index (Phi) is 4.41. The number of hydrogen-bond donors (Lipinski definition) is 1. The normalized spacial score (nSPS) is 19.7. The maximum absolute atomic E-state index is 12.4. The van der Waals surface area contributed by atoms with Crippen LogP contribution < -0.4 is 5.32 Å². The van der Waals surface area contributed by atoms with E-state index in [4.69, 9.17) is 4.42 Å². The second kappa shape index (κ2) is 6.23. The monoisotopic (exact) mass is 369 g/mol. The topological polar surface area (TPSA) is 82.9 Å². The first-order valence-electron chi connectivity index (χ1n) is 7.39. The van der Waals surface area contributed by atoms with E-state index in [1.54, 1.807) is 18.5 Å². The van der Waals surface area contributed by atoms with E-state index < -0.39 is 10.0 Å². The van der Waals surface area contributed by atoms with E-state index in [0.717, 1.165) is 5.76 Å². The van der Waals surface area contributed by atoms with Gasteiger partial charge in [-0.1, -0.05) is 0 Å². The third-order valence-electron chi connectivity index (χ3n) is 3.94. The minimum atomic E-state index is -3.45. The maximum atomic E-state index is 12.4. The van der Waals surface area contributed by atoms with E-state index in [2.05, 4.69) is 5.32 Å². The van der Waals surface area contributed by atoms with Crippen LogP contribution in [0.15, 0.2) is 32.9 Å². The minimum Gasteiger partial charge on any atom is -0.464 e. The zero-order chi connectivity index (χ0) is 17.5. The standard InChI is InChI=1S/C15H19N3O4S2/c1-10-4-5-11(22-10)8-17(2)15(19)16-12-9-18(3)24(20,21)13-6-7-23-14(12)13/h4-7,12H,8-9H2,1-3H3,(H,16,19). The van der Waals surface area contributed by atoms with E-state index >= 15 is 0 Å². The van der Waals surface area contributed by atoms with E-state index in [-0.39, 0.29) is 23.5 Å². The zero-order valence-electron chi connectivity index (χ0n) is 13.6. The van der Waals surface area contributed by atoms with Gasteiger partial charge in [-0.2, -0.15) is 4.31 Å². The highest BCUT2D eigenvalue weighted by atomic mass is 32.2. The van der Waals surface area contributed by atoms with Crippen LogP contribution in [0.5, 0.6) is 0 Å². The van der Waals surface area contributed by atoms with E-state index in [1.807, 2.05) is 19.1 Å². The Bertz CT molecular complexity index is 856. The van der Waals surface area contributed by atoms with Crippen molar-refractivity contribution in [2.24, 2.45) is 0 Å². The predicted molar refractivity (Wildman–Crippen MR) is 90.3 cm³/mol. The highest BCUT2D eigenvalue weighted by Crippen LogP contribution is 2.35. The second-order valence-corrected chi connectivity index (χ2v) is 8.77. The minimum absolute atomic E-state index is 0.218. The van der Waals surface area contributed by atoms with Crippen LogP contribution in [0.25, 0.3) is 0 Å². The molecule has 1 N–H and O–H groups in total. The Morgan fingerprint density at radius 3 is 2.88 bits per heavy atom. The molecule has 130 valence electrons. The highest BCUT2D eigenvalue weighted by Gasteiger charge is 2.36. The van der Waals surface area contributed by atoms with Crippen LogP contribution in [0.1, 0.15) is 22.4 Å². The van der Waals surface area contributed by atoms with E-state index in [9.17, 15) is 13.2 Å². The third kappa shape index (κ3) is 3.06. The van der Waals surface area contributed by atoms with Crippen molar-refractivity contribution >= 4 is 27.4 Å². The molecule has 2 amide bonds. The van der Waals surface area contributed by atoms with Gasteiger partial charge in [0, 0.05) is 25.5 Å². The number of nitrogens with one attached hydrogen (secondary N) is 1. The Morgan fingerprint density at radius 2 is 2.21 bits per heavy atom. The Hall–Kier alpha value is -1.84. The number of hydrogen-bond acceptors (Lipinski definition) is 5. The Balaban J connectivity index is 1.73. The molecule has 0 bridgehead atoms. The molecule has 7 nitrogen and oxygen atoms in total. The van der Waals surface area contributed by atoms with Crippen LogP contribution >= 0.6 is 11.3 Å². The maximum Gasteiger partial charge on any atom is 0.318 e. The van der Waals surface area contributed by atoms with Crippen molar-refractivity contribution in [1.82, 2.24) is 14.5 Å². The average Bonchev–Trinajstić information content (AvgIpc) is 3.14. The molecule has 9 heteroatoms. The van der Waals surface area contributed by atoms with Crippen LogP contribution in [-0.4, -0.2) is 44.3 Å². The molecule has 3 rings (SSSR count). The van der Waals surface area contributed by atoms with Crippen LogP contribution in [0.2, 0.25) is 0 Å². The average molecular weight is 369 g/mol. The summed E-state index contributed by atoms with van der Waals surface area (Å²) in [6.45, 7) is 2.41. The molecule has 0 radical (unpaired) electrons. The van der Waals surface area contributed by atoms with Gasteiger partial charge in [0.2, 0.25) is 10.0 Å². The molecule has 1 aliphatic heterocycles. The van der Waals surface area contributed by atoms with Crippen LogP contribution in [0, 0.1) is 6.92 Å². The lowest BCUT2D eigenvalue weighted by Crippen LogP contribution is -2.46. The number of aryl methyl sites for hydroxylation is 1. The van der Waals surface area contributed by atoms with Crippen molar-refractivity contribution in [1.29, 1.82) is 0 Å². The summed E-state index contributed by atoms with van der Waals surface area (Å²) in [6, 6.07) is 4.62. The summed E-state index contributed by atoms with van der Waals surface area (Å²) in [4.78, 5) is 14.9. The van der Waals surface area contributed by atoms with Crippen LogP contribution in [0.3, 0.4) is 0 Å². The summed E-state index contributed by atoms with van der Waals surface area (Å²) in [5, 5.41) is 4.64. The summed E-state index contributed by atoms with van der Waals surface area (Å²) in [5.74, 6) is 1.49. The number of nitrogens with zero attached hydrogens (tertiary/aromatic N) is 2. The molecule has 24 heavy (non-hydrogen) atoms. The SMILES string of the molecule is Cc1ccc(CN(C)C(=O)NC2CN(C)S(=O)(=O)c3ccsc32)o1. The summed E-state index contributed by atoms with van der Waals surface area (Å²) in [5.41, 5.74) is 0. The largest absolute Gasteiger partial charge is 0.464 e. The van der Waals surface area contributed by atoms with Crippen molar-refractivity contribution in [3.63, 3.8) is 0 Å². The van der Waals surface area contributed by atoms with Gasteiger partial charge in [0.25, 0.3) is 0 Å². The van der Waals surface area contributed by atoms with Crippen molar-refractivity contribution in [2.75, 3.05) is 20.6 Å². The van der Waals surface area contributed by atoms with E-state index in [0.29, 0.717) is 17.2 Å². The number of carbonyl (C=O) groups is 1. The molecular formula is C15H19N3O4S2. The van der Waals surface area contributed by atoms with Crippen molar-refractivity contribution in [3.05, 3.63) is 40.0 Å². The lowest BCUT2D eigenvalue weighted by Gasteiger charge is -2.31. The molecule has 1 atom stereocenters. The second-order valence-electron chi connectivity index (χ2n) is 5.81. The van der Waals surface area contributed by atoms with Gasteiger partial charge >= 0.3 is 6.03 Å². The van der Waals surface area contributed by atoms with E-state index in [1.165, 1.54) is 27.6 Å². The molecule has 2 aromatic rings. The molecule has 2 aromatic heterocycles. The summed E-state index contributed by atoms with van der Waals surface area (Å²) in [7, 11) is -0.258. The van der Waals surface area contributed by atoms with Gasteiger partial charge in [-0.15, -0.1) is 11.3 Å². The first-order valence-corrected chi connectivity index (χ1v) is 9.71. The van der Waals surface area contributed by atoms with Gasteiger partial charge in [-0.3, -0.25) is 0 Å². The first-order chi connectivity index (χ1) is 11.3. The van der Waals surface area contributed by atoms with Gasteiger partial charge in [0.1, 0.15) is 11.5 Å². The van der Waals surface area contributed by atoms with Gasteiger partial charge < -0.3 is 14.6 Å². The number of furan rings is 1. The fraction of sp³-hybridized carbons (Fsp3) is 0.400. The van der Waals surface area contributed by atoms with Gasteiger partial charge in [0.05, 0.1) is 17.5 Å². The molecule has 0 aliphatic carbocycles. The zero-order valence-corrected chi connectivity index (χ0v) is 15.3. The Morgan fingerprint density at radius 1 is 1.46 bits per heavy atom. The number of carbonyl (C=O) groups excluding carboxylic acids is 1. The van der Waals surface area contributed by atoms with Gasteiger partial charge in [-0.05, 0) is 30.5 Å². The lowest BCUT2D eigenvalue weighted by molar-refractivity contribution is 0.196. The molecule has 1 unspecified atom stereocenters. The number of amides is 2. The van der Waals surface area contributed by atoms with Crippen LogP contribution in [-0.2, 0) is 16.6 Å². The summed E-state index contributed by atoms with van der Waals surface area (Å²) >= 11 is 1.34. The third-order valence-corrected chi connectivity index (χ3v) is 6.98. The Labute approximate surface area is 144 Å². The summed E-state index contributed by atoms with van der Waals surface area (Å²) in [6.07, 6.45) is 0. The van der Waals surface area contributed by atoms with Gasteiger partial charge in [-0.25, -0.2) is 13.2 Å². The fourth-order valence-corrected chi connectivity index (χ4v) is 5.33. The molecule has 3 heterocycles. The summed E-state index contributed by atoms with van der Waals surface area (Å²) < 4.78 is 31.3. The molecule has 0 saturated heterocycles. The fourth-order valence-electron chi connectivity index (χ4n) is 2.63. The first kappa shape index (κ1) is 17.0. The number of sulfonamides is 1. The molecular weight excluding hydrogens is 350 g/mol. The predicted octanol–water partition coefficient (Wildman–Crippen LogP) is 2.17. The van der Waals surface area contributed by atoms with Crippen molar-refractivity contribution < 1.29 is 17.6 Å². The molecule has 0 saturated carbocycles.